The lowest BCUT2D eigenvalue weighted by atomic mass is 10.1. The molecule has 0 radical (unpaired) electrons. The summed E-state index contributed by atoms with van der Waals surface area (Å²) in [5.41, 5.74) is 6.96. The van der Waals surface area contributed by atoms with Crippen molar-refractivity contribution in [3.8, 4) is 0 Å². The summed E-state index contributed by atoms with van der Waals surface area (Å²) in [6, 6.07) is 0. The second kappa shape index (κ2) is 19.2. The Morgan fingerprint density at radius 1 is 0.872 bits per heavy atom. The molecular formula is C28H48N6O5. The molecule has 220 valence electrons. The number of imidazole rings is 1. The van der Waals surface area contributed by atoms with Crippen LogP contribution in [0.15, 0.2) is 6.33 Å². The number of nitrogens with two attached hydrogens (primary N) is 1. The van der Waals surface area contributed by atoms with Crippen LogP contribution in [0.3, 0.4) is 0 Å². The first-order valence-corrected chi connectivity index (χ1v) is 14.6. The van der Waals surface area contributed by atoms with Crippen LogP contribution in [0.1, 0.15) is 104 Å². The lowest BCUT2D eigenvalue weighted by Gasteiger charge is -2.18. The summed E-state index contributed by atoms with van der Waals surface area (Å²) in [5, 5.41) is 2.87. The van der Waals surface area contributed by atoms with Crippen LogP contribution in [-0.2, 0) is 30.5 Å². The average molecular weight is 549 g/mol. The number of unbranched alkanes of at least 4 members (excludes halogenated alkanes) is 10. The number of rotatable bonds is 22. The van der Waals surface area contributed by atoms with Crippen molar-refractivity contribution in [2.75, 3.05) is 31.3 Å². The summed E-state index contributed by atoms with van der Waals surface area (Å²) >= 11 is 0. The summed E-state index contributed by atoms with van der Waals surface area (Å²) in [5.74, 6) is 0.0759. The van der Waals surface area contributed by atoms with E-state index in [0.717, 1.165) is 38.5 Å². The van der Waals surface area contributed by atoms with Crippen LogP contribution in [0.25, 0.3) is 11.2 Å². The lowest BCUT2D eigenvalue weighted by molar-refractivity contribution is -0.157. The van der Waals surface area contributed by atoms with Crippen molar-refractivity contribution >= 4 is 34.9 Å². The summed E-state index contributed by atoms with van der Waals surface area (Å²) in [7, 11) is 1.70. The van der Waals surface area contributed by atoms with E-state index in [-0.39, 0.29) is 37.7 Å². The van der Waals surface area contributed by atoms with Gasteiger partial charge < -0.3 is 25.3 Å². The number of nitrogens with zero attached hydrogens (tertiary/aromatic N) is 4. The van der Waals surface area contributed by atoms with Gasteiger partial charge in [-0.2, -0.15) is 9.97 Å². The topological polar surface area (TPSA) is 143 Å². The number of fused-ring (bicyclic) bond motifs is 1. The number of carbonyl (C=O) groups excluding carboxylic acids is 2. The average Bonchev–Trinajstić information content (AvgIpc) is 3.35. The Morgan fingerprint density at radius 3 is 1.95 bits per heavy atom. The van der Waals surface area contributed by atoms with E-state index in [2.05, 4.69) is 34.1 Å². The molecule has 0 bridgehead atoms. The van der Waals surface area contributed by atoms with Gasteiger partial charge in [-0.25, -0.2) is 4.98 Å². The van der Waals surface area contributed by atoms with Crippen molar-refractivity contribution in [3.63, 3.8) is 0 Å². The molecule has 0 saturated heterocycles. The molecule has 0 aromatic carbocycles. The van der Waals surface area contributed by atoms with Crippen molar-refractivity contribution in [3.05, 3.63) is 6.33 Å². The number of anilines is 2. The fourth-order valence-electron chi connectivity index (χ4n) is 4.12. The first kappa shape index (κ1) is 32.3. The van der Waals surface area contributed by atoms with Crippen LogP contribution >= 0.6 is 0 Å². The van der Waals surface area contributed by atoms with Crippen molar-refractivity contribution in [1.29, 1.82) is 0 Å². The molecule has 2 heterocycles. The minimum absolute atomic E-state index is 0.00944. The van der Waals surface area contributed by atoms with E-state index in [4.69, 9.17) is 19.9 Å². The molecule has 0 unspecified atom stereocenters. The second-order valence-corrected chi connectivity index (χ2v) is 9.89. The van der Waals surface area contributed by atoms with Gasteiger partial charge in [0, 0.05) is 19.9 Å². The molecule has 11 nitrogen and oxygen atoms in total. The van der Waals surface area contributed by atoms with Gasteiger partial charge in [-0.3, -0.25) is 14.2 Å². The van der Waals surface area contributed by atoms with E-state index < -0.39 is 6.10 Å². The van der Waals surface area contributed by atoms with Crippen LogP contribution in [0.4, 0.5) is 11.8 Å². The smallest absolute Gasteiger partial charge is 0.305 e. The monoisotopic (exact) mass is 548 g/mol. The van der Waals surface area contributed by atoms with Crippen molar-refractivity contribution in [1.82, 2.24) is 19.5 Å². The van der Waals surface area contributed by atoms with Gasteiger partial charge in [-0.1, -0.05) is 78.1 Å². The predicted molar refractivity (Wildman–Crippen MR) is 152 cm³/mol. The third-order valence-electron chi connectivity index (χ3n) is 6.49. The van der Waals surface area contributed by atoms with Gasteiger partial charge in [0.2, 0.25) is 5.95 Å². The minimum Gasteiger partial charge on any atom is -0.463 e. The van der Waals surface area contributed by atoms with Crippen LogP contribution in [0, 0.1) is 0 Å². The largest absolute Gasteiger partial charge is 0.463 e. The zero-order valence-corrected chi connectivity index (χ0v) is 24.1. The predicted octanol–water partition coefficient (Wildman–Crippen LogP) is 5.38. The molecule has 0 aliphatic heterocycles. The lowest BCUT2D eigenvalue weighted by Crippen LogP contribution is -2.29. The van der Waals surface area contributed by atoms with Gasteiger partial charge in [0.25, 0.3) is 0 Å². The number of hydrogen-bond acceptors (Lipinski definition) is 10. The molecule has 3 N–H and O–H groups in total. The maximum absolute atomic E-state index is 12.3. The Balaban J connectivity index is 1.88. The van der Waals surface area contributed by atoms with Crippen molar-refractivity contribution in [2.45, 2.75) is 117 Å². The van der Waals surface area contributed by atoms with Crippen LogP contribution in [-0.4, -0.2) is 57.8 Å². The summed E-state index contributed by atoms with van der Waals surface area (Å²) in [6.07, 6.45) is 14.8. The van der Waals surface area contributed by atoms with E-state index in [0.29, 0.717) is 30.0 Å². The molecule has 0 spiro atoms. The minimum atomic E-state index is -0.632. The number of aromatic nitrogens is 4. The number of esters is 2. The standard InChI is InChI=1S/C28H48N6O5/c1-4-6-8-10-12-14-16-23(35)37-18-22(19-38-24(36)17-15-13-11-9-7-5-2)39-21-34-20-31-25-26(29)32-28(30-3)33-27(25)34/h20,22H,4-19,21H2,1-3H3,(H3,29,30,32,33). The highest BCUT2D eigenvalue weighted by molar-refractivity contribution is 5.82. The highest BCUT2D eigenvalue weighted by Gasteiger charge is 2.18. The third-order valence-corrected chi connectivity index (χ3v) is 6.49. The molecule has 11 heteroatoms. The normalized spacial score (nSPS) is 11.3. The summed E-state index contributed by atoms with van der Waals surface area (Å²) < 4.78 is 18.6. The second-order valence-electron chi connectivity index (χ2n) is 9.89. The van der Waals surface area contributed by atoms with Gasteiger partial charge in [-0.05, 0) is 12.8 Å². The highest BCUT2D eigenvalue weighted by atomic mass is 16.6. The van der Waals surface area contributed by atoms with Gasteiger partial charge in [0.1, 0.15) is 31.6 Å². The first-order valence-electron chi connectivity index (χ1n) is 14.6. The quantitative estimate of drug-likeness (QED) is 0.145. The van der Waals surface area contributed by atoms with Gasteiger partial charge in [0.05, 0.1) is 6.33 Å². The molecule has 2 aromatic heterocycles. The van der Waals surface area contributed by atoms with E-state index in [1.54, 1.807) is 17.9 Å². The van der Waals surface area contributed by atoms with Crippen molar-refractivity contribution in [2.24, 2.45) is 0 Å². The third kappa shape index (κ3) is 12.6. The molecule has 2 aromatic rings. The van der Waals surface area contributed by atoms with Crippen LogP contribution in [0.2, 0.25) is 0 Å². The zero-order valence-electron chi connectivity index (χ0n) is 24.1. The van der Waals surface area contributed by atoms with Crippen molar-refractivity contribution < 1.29 is 23.8 Å². The Kier molecular flexibility index (Phi) is 15.9. The number of carbonyl (C=O) groups is 2. The number of ether oxygens (including phenoxy) is 3. The van der Waals surface area contributed by atoms with Gasteiger partial charge in [0.15, 0.2) is 11.5 Å². The fourth-order valence-corrected chi connectivity index (χ4v) is 4.12. The van der Waals surface area contributed by atoms with E-state index in [9.17, 15) is 9.59 Å². The highest BCUT2D eigenvalue weighted by Crippen LogP contribution is 2.18. The SMILES string of the molecule is CCCCCCCCC(=O)OCC(COC(=O)CCCCCCCC)OCn1cnc2c(N)nc(NC)nc21. The molecule has 0 amide bonds. The molecule has 0 aliphatic carbocycles. The summed E-state index contributed by atoms with van der Waals surface area (Å²) in [6.45, 7) is 4.40. The molecule has 0 fully saturated rings. The number of nitrogens with one attached hydrogen (secondary N) is 1. The Morgan fingerprint density at radius 2 is 1.41 bits per heavy atom. The van der Waals surface area contributed by atoms with E-state index in [1.165, 1.54) is 38.5 Å². The molecule has 39 heavy (non-hydrogen) atoms. The number of nitrogen functional groups attached to an aromatic ring is 1. The van der Waals surface area contributed by atoms with Crippen LogP contribution in [0.5, 0.6) is 0 Å². The van der Waals surface area contributed by atoms with Gasteiger partial charge >= 0.3 is 11.9 Å². The fraction of sp³-hybridized carbons (Fsp3) is 0.750. The van der Waals surface area contributed by atoms with E-state index in [1.807, 2.05) is 0 Å². The maximum atomic E-state index is 12.3. The molecule has 0 saturated carbocycles. The van der Waals surface area contributed by atoms with Crippen LogP contribution < -0.4 is 11.1 Å². The zero-order chi connectivity index (χ0) is 28.3. The molecule has 0 atom stereocenters. The first-order chi connectivity index (χ1) is 19.0. The summed E-state index contributed by atoms with van der Waals surface area (Å²) in [4.78, 5) is 37.4. The molecular weight excluding hydrogens is 500 g/mol. The Bertz CT molecular complexity index is 951. The molecule has 2 rings (SSSR count). The van der Waals surface area contributed by atoms with Gasteiger partial charge in [-0.15, -0.1) is 0 Å². The molecule has 0 aliphatic rings. The Hall–Kier alpha value is -2.95. The maximum Gasteiger partial charge on any atom is 0.305 e. The Labute approximate surface area is 232 Å². The van der Waals surface area contributed by atoms with E-state index >= 15 is 0 Å². The number of hydrogen-bond donors (Lipinski definition) is 2.